The number of alkyl carbamates (subject to hydrolysis) is 2. The van der Waals surface area contributed by atoms with E-state index in [9.17, 15) is 19.6 Å². The van der Waals surface area contributed by atoms with Crippen LogP contribution in [0.3, 0.4) is 0 Å². The number of nitrogens with zero attached hydrogens (tertiary/aromatic N) is 4. The van der Waals surface area contributed by atoms with Crippen LogP contribution in [0.15, 0.2) is 15.6 Å². The van der Waals surface area contributed by atoms with Crippen molar-refractivity contribution in [2.75, 3.05) is 6.54 Å². The SMILES string of the molecule is CC(C)(C)OC(=O)NC(=NCc1cc([C@@H]2CC3(CC3)[C@H]3CN2C(=O)N3O)no1)NC(=O)OC(C)(C)C. The summed E-state index contributed by atoms with van der Waals surface area (Å²) in [6.45, 7) is 10.6. The molecule has 3 fully saturated rings. The number of hydroxylamine groups is 2. The van der Waals surface area contributed by atoms with Crippen molar-refractivity contribution < 1.29 is 33.6 Å². The number of hydrogen-bond donors (Lipinski definition) is 3. The second kappa shape index (κ2) is 8.95. The Hall–Kier alpha value is -3.35. The van der Waals surface area contributed by atoms with Crippen LogP contribution in [0.25, 0.3) is 0 Å². The number of carbonyl (C=O) groups is 3. The number of carbonyl (C=O) groups excluding carboxylic acids is 3. The van der Waals surface area contributed by atoms with E-state index in [0.29, 0.717) is 24.4 Å². The highest BCUT2D eigenvalue weighted by atomic mass is 16.6. The zero-order valence-electron chi connectivity index (χ0n) is 21.5. The highest BCUT2D eigenvalue weighted by molar-refractivity contribution is 6.01. The Labute approximate surface area is 209 Å². The predicted octanol–water partition coefficient (Wildman–Crippen LogP) is 3.30. The number of hydrogen-bond acceptors (Lipinski definition) is 9. The topological polar surface area (TPSA) is 159 Å². The maximum absolute atomic E-state index is 12.5. The van der Waals surface area contributed by atoms with Gasteiger partial charge in [-0.05, 0) is 66.2 Å². The van der Waals surface area contributed by atoms with Gasteiger partial charge in [0.15, 0.2) is 5.76 Å². The van der Waals surface area contributed by atoms with Gasteiger partial charge < -0.3 is 18.9 Å². The van der Waals surface area contributed by atoms with Crippen molar-refractivity contribution in [3.05, 3.63) is 17.5 Å². The van der Waals surface area contributed by atoms with Gasteiger partial charge in [-0.3, -0.25) is 15.8 Å². The van der Waals surface area contributed by atoms with Crippen molar-refractivity contribution >= 4 is 24.2 Å². The summed E-state index contributed by atoms with van der Waals surface area (Å²) in [5.74, 6) is 0.179. The van der Waals surface area contributed by atoms with Crippen molar-refractivity contribution in [2.45, 2.75) is 90.6 Å². The summed E-state index contributed by atoms with van der Waals surface area (Å²) in [5.41, 5.74) is -1.02. The van der Waals surface area contributed by atoms with E-state index < -0.39 is 29.4 Å². The third kappa shape index (κ3) is 5.72. The Kier molecular flexibility index (Phi) is 6.40. The molecule has 0 unspecified atom stereocenters. The monoisotopic (exact) mass is 506 g/mol. The van der Waals surface area contributed by atoms with Gasteiger partial charge in [0.25, 0.3) is 0 Å². The van der Waals surface area contributed by atoms with Crippen LogP contribution in [0.1, 0.15) is 78.3 Å². The predicted molar refractivity (Wildman–Crippen MR) is 125 cm³/mol. The molecule has 1 aromatic heterocycles. The van der Waals surface area contributed by atoms with Crippen molar-refractivity contribution in [1.82, 2.24) is 25.8 Å². The van der Waals surface area contributed by atoms with Gasteiger partial charge in [-0.2, -0.15) is 0 Å². The maximum Gasteiger partial charge on any atom is 0.414 e. The van der Waals surface area contributed by atoms with E-state index in [4.69, 9.17) is 14.0 Å². The fraction of sp³-hybridized carbons (Fsp3) is 0.696. The molecule has 4 rings (SSSR count). The molecule has 3 heterocycles. The second-order valence-electron chi connectivity index (χ2n) is 11.5. The maximum atomic E-state index is 12.5. The number of aliphatic imine (C=N–C) groups is 1. The Morgan fingerprint density at radius 2 is 1.75 bits per heavy atom. The number of piperidine rings is 1. The lowest BCUT2D eigenvalue weighted by Crippen LogP contribution is -2.47. The number of amides is 4. The summed E-state index contributed by atoms with van der Waals surface area (Å²) >= 11 is 0. The molecule has 3 aliphatic rings. The van der Waals surface area contributed by atoms with Crippen molar-refractivity contribution in [3.63, 3.8) is 0 Å². The zero-order chi connectivity index (χ0) is 26.5. The van der Waals surface area contributed by atoms with E-state index in [1.54, 1.807) is 52.5 Å². The third-order valence-corrected chi connectivity index (χ3v) is 6.23. The lowest BCUT2D eigenvalue weighted by molar-refractivity contribution is -0.0782. The van der Waals surface area contributed by atoms with Gasteiger partial charge >= 0.3 is 18.2 Å². The molecule has 1 aromatic rings. The molecule has 0 aromatic carbocycles. The minimum absolute atomic E-state index is 0.0610. The summed E-state index contributed by atoms with van der Waals surface area (Å²) in [6, 6.07) is 0.768. The van der Waals surface area contributed by atoms with E-state index in [2.05, 4.69) is 20.8 Å². The molecule has 198 valence electrons. The molecule has 2 bridgehead atoms. The highest BCUT2D eigenvalue weighted by Gasteiger charge is 2.63. The molecule has 3 N–H and O–H groups in total. The zero-order valence-corrected chi connectivity index (χ0v) is 21.5. The van der Waals surface area contributed by atoms with Crippen LogP contribution < -0.4 is 10.6 Å². The molecular weight excluding hydrogens is 472 g/mol. The van der Waals surface area contributed by atoms with Gasteiger partial charge in [0.2, 0.25) is 5.96 Å². The Morgan fingerprint density at radius 1 is 1.17 bits per heavy atom. The average Bonchev–Trinajstić information content (AvgIpc) is 3.22. The fourth-order valence-corrected chi connectivity index (χ4v) is 4.54. The molecule has 1 aliphatic carbocycles. The van der Waals surface area contributed by atoms with Gasteiger partial charge in [-0.15, -0.1) is 0 Å². The van der Waals surface area contributed by atoms with Crippen molar-refractivity contribution in [3.8, 4) is 0 Å². The van der Waals surface area contributed by atoms with Crippen LogP contribution in [0.5, 0.6) is 0 Å². The summed E-state index contributed by atoms with van der Waals surface area (Å²) in [4.78, 5) is 42.9. The molecule has 4 amide bonds. The van der Waals surface area contributed by atoms with Crippen LogP contribution in [-0.4, -0.2) is 68.3 Å². The first-order valence-electron chi connectivity index (χ1n) is 11.9. The molecule has 0 radical (unpaired) electrons. The Balaban J connectivity index is 1.47. The Bertz CT molecular complexity index is 1030. The first-order valence-corrected chi connectivity index (χ1v) is 11.9. The van der Waals surface area contributed by atoms with Gasteiger partial charge in [0, 0.05) is 12.6 Å². The lowest BCUT2D eigenvalue weighted by Gasteiger charge is -2.35. The number of ether oxygens (including phenoxy) is 2. The number of fused-ring (bicyclic) bond motifs is 3. The van der Waals surface area contributed by atoms with E-state index in [-0.39, 0.29) is 30.0 Å². The van der Waals surface area contributed by atoms with Crippen LogP contribution in [0.2, 0.25) is 0 Å². The van der Waals surface area contributed by atoms with E-state index in [1.807, 2.05) is 0 Å². The quantitative estimate of drug-likeness (QED) is 0.320. The van der Waals surface area contributed by atoms with Crippen molar-refractivity contribution in [2.24, 2.45) is 10.4 Å². The summed E-state index contributed by atoms with van der Waals surface area (Å²) in [5, 5.41) is 20.1. The molecule has 1 spiro atoms. The van der Waals surface area contributed by atoms with Gasteiger partial charge in [-0.25, -0.2) is 24.4 Å². The first-order chi connectivity index (χ1) is 16.7. The molecule has 36 heavy (non-hydrogen) atoms. The van der Waals surface area contributed by atoms with Crippen LogP contribution >= 0.6 is 0 Å². The highest BCUT2D eigenvalue weighted by Crippen LogP contribution is 2.61. The van der Waals surface area contributed by atoms with Gasteiger partial charge in [0.1, 0.15) is 23.4 Å². The van der Waals surface area contributed by atoms with E-state index in [0.717, 1.165) is 17.9 Å². The van der Waals surface area contributed by atoms with Crippen LogP contribution in [0, 0.1) is 5.41 Å². The Morgan fingerprint density at radius 3 is 2.28 bits per heavy atom. The van der Waals surface area contributed by atoms with Gasteiger partial charge in [0.05, 0.1) is 12.1 Å². The number of urea groups is 1. The minimum Gasteiger partial charge on any atom is -0.444 e. The standard InChI is InChI=1S/C23H34N6O7/c1-21(2,3)34-18(30)25-17(26-19(31)35-22(4,5)6)24-11-13-9-14(27-36-13)15-10-23(7-8-23)16-12-28(15)20(32)29(16)33/h9,15-16,33H,7-8,10-12H2,1-6H3,(H2,24,25,26,30,31)/t15-,16+/m0/s1. The van der Waals surface area contributed by atoms with E-state index in [1.165, 1.54) is 0 Å². The van der Waals surface area contributed by atoms with Crippen molar-refractivity contribution in [1.29, 1.82) is 0 Å². The summed E-state index contributed by atoms with van der Waals surface area (Å²) < 4.78 is 15.9. The fourth-order valence-electron chi connectivity index (χ4n) is 4.54. The number of guanidine groups is 1. The normalized spacial score (nSPS) is 22.4. The van der Waals surface area contributed by atoms with Crippen LogP contribution in [-0.2, 0) is 16.0 Å². The molecule has 1 saturated carbocycles. The largest absolute Gasteiger partial charge is 0.444 e. The van der Waals surface area contributed by atoms with E-state index >= 15 is 0 Å². The molecule has 2 atom stereocenters. The second-order valence-corrected chi connectivity index (χ2v) is 11.5. The first kappa shape index (κ1) is 25.7. The third-order valence-electron chi connectivity index (χ3n) is 6.23. The molecule has 13 nitrogen and oxygen atoms in total. The van der Waals surface area contributed by atoms with Gasteiger partial charge in [-0.1, -0.05) is 5.16 Å². The lowest BCUT2D eigenvalue weighted by atomic mass is 9.84. The smallest absolute Gasteiger partial charge is 0.414 e. The summed E-state index contributed by atoms with van der Waals surface area (Å²) in [7, 11) is 0. The summed E-state index contributed by atoms with van der Waals surface area (Å²) in [6.07, 6.45) is 1.00. The molecule has 2 aliphatic heterocycles. The molecular formula is C23H34N6O7. The van der Waals surface area contributed by atoms with Crippen LogP contribution in [0.4, 0.5) is 14.4 Å². The number of aromatic nitrogens is 1. The molecule has 2 saturated heterocycles. The number of nitrogens with one attached hydrogen (secondary N) is 2. The number of rotatable bonds is 3. The average molecular weight is 507 g/mol. The molecule has 13 heteroatoms. The minimum atomic E-state index is -0.803.